The van der Waals surface area contributed by atoms with Gasteiger partial charge in [-0.3, -0.25) is 19.2 Å². The molecule has 0 fully saturated rings. The summed E-state index contributed by atoms with van der Waals surface area (Å²) in [5, 5.41) is 7.07. The van der Waals surface area contributed by atoms with Crippen LogP contribution in [0.4, 0.5) is 5.69 Å². The fourth-order valence-electron chi connectivity index (χ4n) is 2.81. The first kappa shape index (κ1) is 11.2. The van der Waals surface area contributed by atoms with E-state index >= 15 is 0 Å². The SMILES string of the molecule is CCn1cc2c(n1)C(=O)NC1c3ccccc3C(=O)N21. The van der Waals surface area contributed by atoms with Gasteiger partial charge >= 0.3 is 0 Å². The number of benzene rings is 1. The van der Waals surface area contributed by atoms with E-state index in [1.165, 1.54) is 0 Å². The number of hydrogen-bond acceptors (Lipinski definition) is 3. The average molecular weight is 268 g/mol. The summed E-state index contributed by atoms with van der Waals surface area (Å²) in [4.78, 5) is 26.3. The molecule has 1 aromatic carbocycles. The van der Waals surface area contributed by atoms with Crippen molar-refractivity contribution < 1.29 is 9.59 Å². The Labute approximate surface area is 115 Å². The zero-order chi connectivity index (χ0) is 13.9. The number of carbonyl (C=O) groups is 2. The Hall–Kier alpha value is -2.63. The van der Waals surface area contributed by atoms with Crippen LogP contribution < -0.4 is 10.2 Å². The average Bonchev–Trinajstić information content (AvgIpc) is 3.01. The third-order valence-corrected chi connectivity index (χ3v) is 3.77. The molecular weight excluding hydrogens is 256 g/mol. The number of fused-ring (bicyclic) bond motifs is 5. The van der Waals surface area contributed by atoms with Crippen LogP contribution in [-0.4, -0.2) is 21.6 Å². The minimum Gasteiger partial charge on any atom is -0.326 e. The molecule has 0 saturated heterocycles. The first-order valence-electron chi connectivity index (χ1n) is 6.51. The molecule has 6 heteroatoms. The molecule has 100 valence electrons. The van der Waals surface area contributed by atoms with Crippen LogP contribution in [0.15, 0.2) is 30.5 Å². The van der Waals surface area contributed by atoms with Crippen molar-refractivity contribution in [1.29, 1.82) is 0 Å². The summed E-state index contributed by atoms with van der Waals surface area (Å²) in [6, 6.07) is 7.35. The van der Waals surface area contributed by atoms with Crippen LogP contribution in [0.5, 0.6) is 0 Å². The molecule has 3 heterocycles. The summed E-state index contributed by atoms with van der Waals surface area (Å²) in [6.07, 6.45) is 1.33. The Morgan fingerprint density at radius 1 is 1.30 bits per heavy atom. The molecule has 6 nitrogen and oxygen atoms in total. The molecule has 2 aliphatic heterocycles. The maximum absolute atomic E-state index is 12.5. The van der Waals surface area contributed by atoms with Crippen molar-refractivity contribution in [2.75, 3.05) is 4.90 Å². The lowest BCUT2D eigenvalue weighted by Crippen LogP contribution is -2.44. The Kier molecular flexibility index (Phi) is 2.07. The van der Waals surface area contributed by atoms with E-state index in [9.17, 15) is 9.59 Å². The van der Waals surface area contributed by atoms with Gasteiger partial charge in [0.25, 0.3) is 11.8 Å². The molecule has 20 heavy (non-hydrogen) atoms. The standard InChI is InChI=1S/C14H12N4O2/c1-2-17-7-10-11(16-17)13(19)15-12-8-5-3-4-6-9(8)14(20)18(10)12/h3-7,12H,2H2,1H3,(H,15,19). The van der Waals surface area contributed by atoms with E-state index in [2.05, 4.69) is 10.4 Å². The van der Waals surface area contributed by atoms with E-state index in [1.54, 1.807) is 21.8 Å². The molecule has 0 radical (unpaired) electrons. The normalized spacial score (nSPS) is 19.4. The van der Waals surface area contributed by atoms with E-state index in [0.29, 0.717) is 23.5 Å². The van der Waals surface area contributed by atoms with Gasteiger partial charge in [-0.05, 0) is 13.0 Å². The highest BCUT2D eigenvalue weighted by atomic mass is 16.2. The minimum atomic E-state index is -0.423. The number of nitrogens with zero attached hydrogens (tertiary/aromatic N) is 3. The van der Waals surface area contributed by atoms with Crippen LogP contribution in [0.3, 0.4) is 0 Å². The van der Waals surface area contributed by atoms with Crippen LogP contribution in [0.1, 0.15) is 39.5 Å². The molecule has 4 rings (SSSR count). The number of hydrogen-bond donors (Lipinski definition) is 1. The van der Waals surface area contributed by atoms with Gasteiger partial charge in [0.15, 0.2) is 5.69 Å². The van der Waals surface area contributed by atoms with Gasteiger partial charge in [-0.2, -0.15) is 5.10 Å². The first-order valence-corrected chi connectivity index (χ1v) is 6.51. The second-order valence-corrected chi connectivity index (χ2v) is 4.86. The number of amides is 2. The number of aromatic nitrogens is 2. The highest BCUT2D eigenvalue weighted by molar-refractivity contribution is 6.16. The maximum Gasteiger partial charge on any atom is 0.275 e. The number of nitrogens with one attached hydrogen (secondary N) is 1. The van der Waals surface area contributed by atoms with Gasteiger partial charge in [-0.1, -0.05) is 18.2 Å². The predicted octanol–water partition coefficient (Wildman–Crippen LogP) is 1.31. The van der Waals surface area contributed by atoms with Crippen molar-refractivity contribution in [3.8, 4) is 0 Å². The fourth-order valence-corrected chi connectivity index (χ4v) is 2.81. The Morgan fingerprint density at radius 2 is 2.10 bits per heavy atom. The van der Waals surface area contributed by atoms with Gasteiger partial charge in [-0.15, -0.1) is 0 Å². The Morgan fingerprint density at radius 3 is 2.90 bits per heavy atom. The van der Waals surface area contributed by atoms with Crippen LogP contribution in [-0.2, 0) is 6.54 Å². The van der Waals surface area contributed by atoms with Crippen LogP contribution in [0.25, 0.3) is 0 Å². The lowest BCUT2D eigenvalue weighted by atomic mass is 10.1. The predicted molar refractivity (Wildman–Crippen MR) is 71.4 cm³/mol. The van der Waals surface area contributed by atoms with Crippen molar-refractivity contribution in [1.82, 2.24) is 15.1 Å². The van der Waals surface area contributed by atoms with E-state index in [-0.39, 0.29) is 11.8 Å². The molecule has 2 aromatic rings. The zero-order valence-corrected chi connectivity index (χ0v) is 10.8. The van der Waals surface area contributed by atoms with Crippen molar-refractivity contribution in [2.24, 2.45) is 0 Å². The van der Waals surface area contributed by atoms with Gasteiger partial charge in [0.1, 0.15) is 6.17 Å². The quantitative estimate of drug-likeness (QED) is 0.847. The summed E-state index contributed by atoms with van der Waals surface area (Å²) in [6.45, 7) is 2.59. The molecule has 0 spiro atoms. The molecule has 2 aliphatic rings. The van der Waals surface area contributed by atoms with E-state index in [1.807, 2.05) is 25.1 Å². The second-order valence-electron chi connectivity index (χ2n) is 4.86. The smallest absolute Gasteiger partial charge is 0.275 e. The topological polar surface area (TPSA) is 67.2 Å². The number of anilines is 1. The van der Waals surface area contributed by atoms with Crippen molar-refractivity contribution in [3.05, 3.63) is 47.3 Å². The van der Waals surface area contributed by atoms with Crippen molar-refractivity contribution in [3.63, 3.8) is 0 Å². The van der Waals surface area contributed by atoms with Gasteiger partial charge in [0.05, 0.1) is 5.69 Å². The van der Waals surface area contributed by atoms with Crippen molar-refractivity contribution in [2.45, 2.75) is 19.6 Å². The minimum absolute atomic E-state index is 0.0949. The zero-order valence-electron chi connectivity index (χ0n) is 10.8. The van der Waals surface area contributed by atoms with Gasteiger partial charge in [0, 0.05) is 23.9 Å². The summed E-state index contributed by atoms with van der Waals surface area (Å²) < 4.78 is 1.67. The summed E-state index contributed by atoms with van der Waals surface area (Å²) in [5.41, 5.74) is 2.36. The van der Waals surface area contributed by atoms with Crippen LogP contribution in [0.2, 0.25) is 0 Å². The van der Waals surface area contributed by atoms with Crippen LogP contribution >= 0.6 is 0 Å². The van der Waals surface area contributed by atoms with Gasteiger partial charge in [0.2, 0.25) is 0 Å². The molecule has 1 aromatic heterocycles. The number of carbonyl (C=O) groups excluding carboxylic acids is 2. The molecule has 0 saturated carbocycles. The lowest BCUT2D eigenvalue weighted by Gasteiger charge is -2.29. The van der Waals surface area contributed by atoms with Crippen molar-refractivity contribution >= 4 is 17.5 Å². The Balaban J connectivity index is 1.93. The van der Waals surface area contributed by atoms with E-state index in [0.717, 1.165) is 5.56 Å². The summed E-state index contributed by atoms with van der Waals surface area (Å²) >= 11 is 0. The monoisotopic (exact) mass is 268 g/mol. The molecule has 0 bridgehead atoms. The van der Waals surface area contributed by atoms with Crippen LogP contribution in [0, 0.1) is 0 Å². The first-order chi connectivity index (χ1) is 9.70. The number of aryl methyl sites for hydroxylation is 1. The molecule has 1 unspecified atom stereocenters. The van der Waals surface area contributed by atoms with E-state index in [4.69, 9.17) is 0 Å². The summed E-state index contributed by atoms with van der Waals surface area (Å²) in [7, 11) is 0. The lowest BCUT2D eigenvalue weighted by molar-refractivity contribution is 0.0907. The second kappa shape index (κ2) is 3.69. The third kappa shape index (κ3) is 1.25. The largest absolute Gasteiger partial charge is 0.326 e. The molecule has 2 amide bonds. The molecular formula is C14H12N4O2. The summed E-state index contributed by atoms with van der Waals surface area (Å²) in [5.74, 6) is -0.333. The highest BCUT2D eigenvalue weighted by Crippen LogP contribution is 2.39. The molecule has 1 atom stereocenters. The third-order valence-electron chi connectivity index (χ3n) is 3.77. The van der Waals surface area contributed by atoms with Gasteiger partial charge in [-0.25, -0.2) is 0 Å². The van der Waals surface area contributed by atoms with Gasteiger partial charge < -0.3 is 5.32 Å². The molecule has 1 N–H and O–H groups in total. The maximum atomic E-state index is 12.5. The highest BCUT2D eigenvalue weighted by Gasteiger charge is 2.44. The fraction of sp³-hybridized carbons (Fsp3) is 0.214. The number of rotatable bonds is 1. The van der Waals surface area contributed by atoms with E-state index < -0.39 is 6.17 Å². The Bertz CT molecular complexity index is 749. The molecule has 0 aliphatic carbocycles.